The van der Waals surface area contributed by atoms with Gasteiger partial charge in [-0.25, -0.2) is 0 Å². The van der Waals surface area contributed by atoms with Crippen molar-refractivity contribution in [3.05, 3.63) is 241 Å². The lowest BCUT2D eigenvalue weighted by atomic mass is 9.64. The molecule has 0 atom stereocenters. The molecule has 0 bridgehead atoms. The maximum absolute atomic E-state index is 2.49. The van der Waals surface area contributed by atoms with Gasteiger partial charge in [0, 0.05) is 22.1 Å². The molecule has 2 aliphatic rings. The molecular formula is C55H36N2. The molecule has 0 saturated heterocycles. The summed E-state index contributed by atoms with van der Waals surface area (Å²) in [7, 11) is 0. The van der Waals surface area contributed by atoms with E-state index in [1.165, 1.54) is 94.5 Å². The molecule has 0 fully saturated rings. The van der Waals surface area contributed by atoms with Gasteiger partial charge in [0.15, 0.2) is 0 Å². The van der Waals surface area contributed by atoms with Gasteiger partial charge in [0.2, 0.25) is 0 Å². The predicted molar refractivity (Wildman–Crippen MR) is 237 cm³/mol. The topological polar surface area (TPSA) is 8.17 Å². The minimum absolute atomic E-state index is 0.511. The highest BCUT2D eigenvalue weighted by Crippen LogP contribution is 2.63. The Morgan fingerprint density at radius 3 is 1.58 bits per heavy atom. The molecule has 1 aromatic heterocycles. The standard InChI is InChI=1S/C55H36N2/c1-3-15-37(16-4-1)38-27-31-42(32-28-38)57-53-26-14-12-24-49(53)55(47-22-10-7-19-43(47)44-20-8-11-23-48(44)55)50-36-40(30-34-54(50)57)39-29-33-52-46(35-39)45-21-9-13-25-51(45)56(52)41-17-5-2-6-18-41/h1-36H. The van der Waals surface area contributed by atoms with Gasteiger partial charge < -0.3 is 9.47 Å². The van der Waals surface area contributed by atoms with Crippen LogP contribution < -0.4 is 4.90 Å². The molecular weight excluding hydrogens is 689 g/mol. The zero-order valence-electron chi connectivity index (χ0n) is 31.2. The first-order valence-corrected chi connectivity index (χ1v) is 19.8. The minimum Gasteiger partial charge on any atom is -0.310 e. The van der Waals surface area contributed by atoms with Crippen molar-refractivity contribution in [1.82, 2.24) is 4.57 Å². The second kappa shape index (κ2) is 12.3. The Bertz CT molecular complexity index is 3130. The number of rotatable bonds is 4. The van der Waals surface area contributed by atoms with E-state index in [1.54, 1.807) is 0 Å². The van der Waals surface area contributed by atoms with Gasteiger partial charge in [0.05, 0.1) is 27.8 Å². The van der Waals surface area contributed by atoms with Crippen molar-refractivity contribution in [3.63, 3.8) is 0 Å². The summed E-state index contributed by atoms with van der Waals surface area (Å²) in [5.74, 6) is 0. The molecule has 1 aliphatic heterocycles. The van der Waals surface area contributed by atoms with Crippen LogP contribution in [0.1, 0.15) is 22.3 Å². The molecule has 1 aliphatic carbocycles. The van der Waals surface area contributed by atoms with Crippen LogP contribution in [0.3, 0.4) is 0 Å². The van der Waals surface area contributed by atoms with Gasteiger partial charge in [-0.2, -0.15) is 0 Å². The van der Waals surface area contributed by atoms with E-state index in [2.05, 4.69) is 228 Å². The molecule has 0 radical (unpaired) electrons. The molecule has 57 heavy (non-hydrogen) atoms. The monoisotopic (exact) mass is 724 g/mol. The fourth-order valence-electron chi connectivity index (χ4n) is 10.0. The highest BCUT2D eigenvalue weighted by atomic mass is 15.2. The van der Waals surface area contributed by atoms with Crippen molar-refractivity contribution in [2.75, 3.05) is 4.90 Å². The highest BCUT2D eigenvalue weighted by molar-refractivity contribution is 6.10. The second-order valence-corrected chi connectivity index (χ2v) is 15.3. The van der Waals surface area contributed by atoms with Crippen LogP contribution in [0.25, 0.3) is 60.9 Å². The average Bonchev–Trinajstić information content (AvgIpc) is 3.78. The molecule has 2 heterocycles. The molecule has 2 nitrogen and oxygen atoms in total. The lowest BCUT2D eigenvalue weighted by molar-refractivity contribution is 0.753. The van der Waals surface area contributed by atoms with Crippen LogP contribution in [0.4, 0.5) is 17.1 Å². The van der Waals surface area contributed by atoms with Crippen LogP contribution in [-0.4, -0.2) is 4.57 Å². The molecule has 266 valence electrons. The number of aromatic nitrogens is 1. The third-order valence-electron chi connectivity index (χ3n) is 12.4. The van der Waals surface area contributed by atoms with Gasteiger partial charge in [-0.3, -0.25) is 0 Å². The number of anilines is 3. The zero-order chi connectivity index (χ0) is 37.5. The summed E-state index contributed by atoms with van der Waals surface area (Å²) in [6, 6.07) is 80.6. The maximum Gasteiger partial charge on any atom is 0.0754 e. The molecule has 0 amide bonds. The van der Waals surface area contributed by atoms with Gasteiger partial charge in [0.1, 0.15) is 0 Å². The van der Waals surface area contributed by atoms with E-state index in [4.69, 9.17) is 0 Å². The molecule has 0 unspecified atom stereocenters. The molecule has 12 rings (SSSR count). The number of para-hydroxylation sites is 3. The molecule has 2 heteroatoms. The highest BCUT2D eigenvalue weighted by Gasteiger charge is 2.51. The zero-order valence-corrected chi connectivity index (χ0v) is 31.2. The van der Waals surface area contributed by atoms with Crippen molar-refractivity contribution in [2.24, 2.45) is 0 Å². The fraction of sp³-hybridized carbons (Fsp3) is 0.0182. The van der Waals surface area contributed by atoms with Crippen LogP contribution in [0.15, 0.2) is 218 Å². The fourth-order valence-corrected chi connectivity index (χ4v) is 10.0. The first kappa shape index (κ1) is 31.9. The summed E-state index contributed by atoms with van der Waals surface area (Å²) in [5.41, 5.74) is 19.3. The van der Waals surface area contributed by atoms with Gasteiger partial charge in [0.25, 0.3) is 0 Å². The maximum atomic E-state index is 2.49. The Kier molecular flexibility index (Phi) is 6.88. The lowest BCUT2D eigenvalue weighted by Gasteiger charge is -2.45. The normalized spacial score (nSPS) is 13.4. The Labute approximate surface area is 332 Å². The summed E-state index contributed by atoms with van der Waals surface area (Å²) in [6.07, 6.45) is 0. The molecule has 9 aromatic carbocycles. The Hall–Kier alpha value is -7.42. The first-order valence-electron chi connectivity index (χ1n) is 19.8. The Morgan fingerprint density at radius 1 is 0.298 bits per heavy atom. The minimum atomic E-state index is -0.511. The summed E-state index contributed by atoms with van der Waals surface area (Å²) < 4.78 is 2.39. The number of fused-ring (bicyclic) bond motifs is 12. The van der Waals surface area contributed by atoms with E-state index < -0.39 is 5.41 Å². The van der Waals surface area contributed by atoms with Crippen molar-refractivity contribution in [2.45, 2.75) is 5.41 Å². The SMILES string of the molecule is c1ccc(-c2ccc(N3c4ccccc4C4(c5ccccc5-c5ccccc54)c4cc(-c5ccc6c(c5)c5ccccc5n6-c5ccccc5)ccc43)cc2)cc1. The molecule has 10 aromatic rings. The lowest BCUT2D eigenvalue weighted by Crippen LogP contribution is -2.36. The largest absolute Gasteiger partial charge is 0.310 e. The number of hydrogen-bond donors (Lipinski definition) is 0. The third-order valence-corrected chi connectivity index (χ3v) is 12.4. The number of hydrogen-bond acceptors (Lipinski definition) is 1. The number of nitrogens with zero attached hydrogens (tertiary/aromatic N) is 2. The van der Waals surface area contributed by atoms with E-state index in [1.807, 2.05) is 0 Å². The summed E-state index contributed by atoms with van der Waals surface area (Å²) in [4.78, 5) is 2.48. The van der Waals surface area contributed by atoms with E-state index in [9.17, 15) is 0 Å². The average molecular weight is 725 g/mol. The van der Waals surface area contributed by atoms with Crippen LogP contribution in [0.2, 0.25) is 0 Å². The van der Waals surface area contributed by atoms with Crippen molar-refractivity contribution in [1.29, 1.82) is 0 Å². The Balaban J connectivity index is 1.12. The predicted octanol–water partition coefficient (Wildman–Crippen LogP) is 14.3. The van der Waals surface area contributed by atoms with Crippen LogP contribution in [0.5, 0.6) is 0 Å². The van der Waals surface area contributed by atoms with Crippen LogP contribution in [0, 0.1) is 0 Å². The van der Waals surface area contributed by atoms with E-state index in [-0.39, 0.29) is 0 Å². The van der Waals surface area contributed by atoms with Crippen molar-refractivity contribution < 1.29 is 0 Å². The molecule has 1 spiro atoms. The second-order valence-electron chi connectivity index (χ2n) is 15.3. The molecule has 0 saturated carbocycles. The van der Waals surface area contributed by atoms with Gasteiger partial charge in [-0.1, -0.05) is 158 Å². The Morgan fingerprint density at radius 2 is 0.825 bits per heavy atom. The summed E-state index contributed by atoms with van der Waals surface area (Å²) >= 11 is 0. The van der Waals surface area contributed by atoms with Gasteiger partial charge in [-0.05, 0) is 116 Å². The van der Waals surface area contributed by atoms with Crippen LogP contribution in [-0.2, 0) is 5.41 Å². The van der Waals surface area contributed by atoms with Gasteiger partial charge in [-0.15, -0.1) is 0 Å². The van der Waals surface area contributed by atoms with E-state index in [0.717, 1.165) is 5.69 Å². The first-order chi connectivity index (χ1) is 28.3. The van der Waals surface area contributed by atoms with Gasteiger partial charge >= 0.3 is 0 Å². The van der Waals surface area contributed by atoms with Crippen molar-refractivity contribution in [3.8, 4) is 39.1 Å². The number of benzene rings is 9. The van der Waals surface area contributed by atoms with E-state index in [0.29, 0.717) is 0 Å². The van der Waals surface area contributed by atoms with E-state index >= 15 is 0 Å². The quantitative estimate of drug-likeness (QED) is 0.175. The van der Waals surface area contributed by atoms with Crippen molar-refractivity contribution >= 4 is 38.9 Å². The smallest absolute Gasteiger partial charge is 0.0754 e. The third kappa shape index (κ3) is 4.53. The van der Waals surface area contributed by atoms with Crippen LogP contribution >= 0.6 is 0 Å². The summed E-state index contributed by atoms with van der Waals surface area (Å²) in [5, 5.41) is 2.51. The summed E-state index contributed by atoms with van der Waals surface area (Å²) in [6.45, 7) is 0. The molecule has 0 N–H and O–H groups in total.